The lowest BCUT2D eigenvalue weighted by Crippen LogP contribution is -2.87. The van der Waals surface area contributed by atoms with Crippen molar-refractivity contribution in [3.05, 3.63) is 132 Å². The van der Waals surface area contributed by atoms with E-state index in [-0.39, 0.29) is 24.4 Å². The van der Waals surface area contributed by atoms with Crippen LogP contribution in [0.2, 0.25) is 0 Å². The first-order valence-electron chi connectivity index (χ1n) is 10.9. The number of rotatable bonds is 8. The number of hydrogen-bond donors (Lipinski definition) is 3. The second-order valence-electron chi connectivity index (χ2n) is 7.65. The highest BCUT2D eigenvalue weighted by molar-refractivity contribution is 6.10. The first-order chi connectivity index (χ1) is 16.2. The number of benzene rings is 4. The number of quaternary nitrogens is 1. The molecule has 0 saturated heterocycles. The number of nitrogens with two attached hydrogens (primary N) is 1. The number of nitrogens with one attached hydrogen (secondary N) is 2. The molecule has 4 rings (SSSR count). The summed E-state index contributed by atoms with van der Waals surface area (Å²) in [5, 5.41) is 7.78. The molecule has 0 aliphatic carbocycles. The van der Waals surface area contributed by atoms with Gasteiger partial charge in [-0.2, -0.15) is 0 Å². The Labute approximate surface area is 193 Å². The normalized spacial score (nSPS) is 10.6. The third-order valence-electron chi connectivity index (χ3n) is 5.33. The van der Waals surface area contributed by atoms with Crippen LogP contribution in [-0.2, 0) is 4.79 Å². The van der Waals surface area contributed by atoms with Gasteiger partial charge < -0.3 is 16.0 Å². The Hall–Kier alpha value is -4.22. The summed E-state index contributed by atoms with van der Waals surface area (Å²) in [4.78, 5) is 25.6. The summed E-state index contributed by atoms with van der Waals surface area (Å²) in [5.74, 6) is -0.445. The number of amides is 2. The van der Waals surface area contributed by atoms with Gasteiger partial charge in [-0.05, 0) is 24.3 Å². The van der Waals surface area contributed by atoms with Crippen molar-refractivity contribution in [1.82, 2.24) is 0 Å². The average molecular weight is 437 g/mol. The van der Waals surface area contributed by atoms with E-state index in [0.29, 0.717) is 16.9 Å². The summed E-state index contributed by atoms with van der Waals surface area (Å²) in [5.41, 5.74) is 3.85. The monoisotopic (exact) mass is 436 g/mol. The van der Waals surface area contributed by atoms with Gasteiger partial charge in [0.15, 0.2) is 6.54 Å². The predicted octanol–water partition coefficient (Wildman–Crippen LogP) is 4.23. The summed E-state index contributed by atoms with van der Waals surface area (Å²) >= 11 is 0. The van der Waals surface area contributed by atoms with E-state index in [4.69, 9.17) is 0 Å². The Kier molecular flexibility index (Phi) is 7.25. The molecular weight excluding hydrogens is 410 g/mol. The summed E-state index contributed by atoms with van der Waals surface area (Å²) in [6.07, 6.45) is 0. The highest BCUT2D eigenvalue weighted by atomic mass is 16.2. The van der Waals surface area contributed by atoms with Crippen molar-refractivity contribution in [1.29, 1.82) is 0 Å². The van der Waals surface area contributed by atoms with E-state index in [0.717, 1.165) is 11.1 Å². The van der Waals surface area contributed by atoms with Gasteiger partial charge in [0, 0.05) is 16.8 Å². The van der Waals surface area contributed by atoms with Crippen LogP contribution in [0, 0.1) is 0 Å². The van der Waals surface area contributed by atoms with Gasteiger partial charge >= 0.3 is 0 Å². The SMILES string of the molecule is O=C(C[NH2+]C(c1ccccc1)c1ccccc1)Nc1ccccc1C(=O)Nc1ccccc1. The second-order valence-corrected chi connectivity index (χ2v) is 7.65. The number of carbonyl (C=O) groups is 2. The number of anilines is 2. The topological polar surface area (TPSA) is 74.8 Å². The van der Waals surface area contributed by atoms with Crippen molar-refractivity contribution in [2.45, 2.75) is 6.04 Å². The molecule has 0 atom stereocenters. The van der Waals surface area contributed by atoms with Gasteiger partial charge in [-0.15, -0.1) is 0 Å². The fourth-order valence-electron chi connectivity index (χ4n) is 3.72. The minimum absolute atomic E-state index is 0.00484. The highest BCUT2D eigenvalue weighted by Gasteiger charge is 2.20. The zero-order chi connectivity index (χ0) is 22.9. The van der Waals surface area contributed by atoms with Gasteiger partial charge in [-0.1, -0.05) is 91.0 Å². The largest absolute Gasteiger partial charge is 0.328 e. The smallest absolute Gasteiger partial charge is 0.279 e. The number of hydrogen-bond acceptors (Lipinski definition) is 2. The molecule has 0 heterocycles. The summed E-state index contributed by atoms with van der Waals surface area (Å²) < 4.78 is 0. The summed E-state index contributed by atoms with van der Waals surface area (Å²) in [7, 11) is 0. The Morgan fingerprint density at radius 2 is 1.15 bits per heavy atom. The molecular formula is C28H26N3O2+. The molecule has 33 heavy (non-hydrogen) atoms. The maximum atomic E-state index is 12.8. The standard InChI is InChI=1S/C28H25N3O2/c32-26(20-29-27(21-12-4-1-5-13-21)22-14-6-2-7-15-22)31-25-19-11-10-18-24(25)28(33)30-23-16-8-3-9-17-23/h1-19,27,29H,20H2,(H,30,33)(H,31,32)/p+1. The lowest BCUT2D eigenvalue weighted by molar-refractivity contribution is -0.676. The van der Waals surface area contributed by atoms with Crippen LogP contribution in [0.1, 0.15) is 27.5 Å². The molecule has 164 valence electrons. The molecule has 0 unspecified atom stereocenters. The highest BCUT2D eigenvalue weighted by Crippen LogP contribution is 2.19. The van der Waals surface area contributed by atoms with Crippen molar-refractivity contribution >= 4 is 23.2 Å². The molecule has 0 spiro atoms. The quantitative estimate of drug-likeness (QED) is 0.387. The molecule has 5 heteroatoms. The third kappa shape index (κ3) is 5.93. The Balaban J connectivity index is 1.45. The number of carbonyl (C=O) groups excluding carboxylic acids is 2. The molecule has 4 N–H and O–H groups in total. The predicted molar refractivity (Wildman–Crippen MR) is 131 cm³/mol. The van der Waals surface area contributed by atoms with Crippen LogP contribution >= 0.6 is 0 Å². The van der Waals surface area contributed by atoms with Gasteiger partial charge in [0.1, 0.15) is 6.04 Å². The van der Waals surface area contributed by atoms with Crippen LogP contribution in [0.4, 0.5) is 11.4 Å². The Morgan fingerprint density at radius 1 is 0.636 bits per heavy atom. The van der Waals surface area contributed by atoms with Gasteiger partial charge in [0.05, 0.1) is 11.3 Å². The maximum Gasteiger partial charge on any atom is 0.279 e. The van der Waals surface area contributed by atoms with E-state index in [1.54, 1.807) is 24.3 Å². The lowest BCUT2D eigenvalue weighted by atomic mass is 9.99. The van der Waals surface area contributed by atoms with E-state index in [9.17, 15) is 9.59 Å². The molecule has 0 aliphatic rings. The molecule has 0 radical (unpaired) electrons. The Morgan fingerprint density at radius 3 is 1.76 bits per heavy atom. The maximum absolute atomic E-state index is 12.8. The molecule has 5 nitrogen and oxygen atoms in total. The molecule has 0 aromatic heterocycles. The molecule has 4 aromatic carbocycles. The van der Waals surface area contributed by atoms with Gasteiger partial charge in [0.25, 0.3) is 11.8 Å². The zero-order valence-corrected chi connectivity index (χ0v) is 18.1. The molecule has 0 bridgehead atoms. The van der Waals surface area contributed by atoms with Crippen LogP contribution in [0.25, 0.3) is 0 Å². The van der Waals surface area contributed by atoms with Crippen LogP contribution in [0.15, 0.2) is 115 Å². The van der Waals surface area contributed by atoms with Crippen LogP contribution in [0.5, 0.6) is 0 Å². The van der Waals surface area contributed by atoms with Crippen LogP contribution in [0.3, 0.4) is 0 Å². The van der Waals surface area contributed by atoms with Crippen molar-refractivity contribution in [2.75, 3.05) is 17.2 Å². The minimum atomic E-state index is -0.271. The zero-order valence-electron chi connectivity index (χ0n) is 18.1. The first kappa shape index (κ1) is 22.0. The van der Waals surface area contributed by atoms with E-state index >= 15 is 0 Å². The summed E-state index contributed by atoms with van der Waals surface area (Å²) in [6, 6.07) is 36.5. The molecule has 0 aliphatic heterocycles. The Bertz CT molecular complexity index is 1160. The van der Waals surface area contributed by atoms with E-state index in [2.05, 4.69) is 34.9 Å². The lowest BCUT2D eigenvalue weighted by Gasteiger charge is -2.17. The molecule has 4 aromatic rings. The van der Waals surface area contributed by atoms with Gasteiger partial charge in [-0.25, -0.2) is 0 Å². The molecule has 2 amide bonds. The van der Waals surface area contributed by atoms with E-state index < -0.39 is 0 Å². The van der Waals surface area contributed by atoms with Gasteiger partial charge in [-0.3, -0.25) is 9.59 Å². The number of para-hydroxylation sites is 2. The van der Waals surface area contributed by atoms with Gasteiger partial charge in [0.2, 0.25) is 0 Å². The summed E-state index contributed by atoms with van der Waals surface area (Å²) in [6.45, 7) is 0.211. The molecule has 0 fully saturated rings. The van der Waals surface area contributed by atoms with Crippen LogP contribution in [-0.4, -0.2) is 18.4 Å². The van der Waals surface area contributed by atoms with Crippen molar-refractivity contribution < 1.29 is 14.9 Å². The molecule has 0 saturated carbocycles. The van der Waals surface area contributed by atoms with Crippen molar-refractivity contribution in [3.63, 3.8) is 0 Å². The van der Waals surface area contributed by atoms with E-state index in [1.807, 2.05) is 72.0 Å². The third-order valence-corrected chi connectivity index (χ3v) is 5.33. The fourth-order valence-corrected chi connectivity index (χ4v) is 3.72. The fraction of sp³-hybridized carbons (Fsp3) is 0.0714. The van der Waals surface area contributed by atoms with E-state index in [1.165, 1.54) is 0 Å². The second kappa shape index (κ2) is 10.9. The average Bonchev–Trinajstić information content (AvgIpc) is 2.86. The minimum Gasteiger partial charge on any atom is -0.328 e. The van der Waals surface area contributed by atoms with Crippen LogP contribution < -0.4 is 16.0 Å². The first-order valence-corrected chi connectivity index (χ1v) is 10.9. The van der Waals surface area contributed by atoms with Crippen molar-refractivity contribution in [2.24, 2.45) is 0 Å². The van der Waals surface area contributed by atoms with Crippen molar-refractivity contribution in [3.8, 4) is 0 Å².